The number of carbonyl (C=O) groups excluding carboxylic acids is 1. The summed E-state index contributed by atoms with van der Waals surface area (Å²) in [4.78, 5) is 12.1. The molecule has 2 N–H and O–H groups in total. The summed E-state index contributed by atoms with van der Waals surface area (Å²) in [5.74, 6) is 1.79. The summed E-state index contributed by atoms with van der Waals surface area (Å²) >= 11 is 0. The zero-order valence-electron chi connectivity index (χ0n) is 14.6. The van der Waals surface area contributed by atoms with Gasteiger partial charge in [0.15, 0.2) is 0 Å². The minimum atomic E-state index is 0.0945. The molecule has 132 valence electrons. The number of hydrogen-bond donors (Lipinski definition) is 2. The second-order valence-corrected chi connectivity index (χ2v) is 6.92. The van der Waals surface area contributed by atoms with Crippen molar-refractivity contribution in [3.8, 4) is 16.9 Å². The molecule has 2 aliphatic rings. The van der Waals surface area contributed by atoms with E-state index < -0.39 is 0 Å². The van der Waals surface area contributed by atoms with Crippen molar-refractivity contribution >= 4 is 11.6 Å². The summed E-state index contributed by atoms with van der Waals surface area (Å²) in [7, 11) is 0. The minimum absolute atomic E-state index is 0.0945. The lowest BCUT2D eigenvalue weighted by Crippen LogP contribution is -2.46. The molecule has 1 aliphatic heterocycles. The van der Waals surface area contributed by atoms with Gasteiger partial charge >= 0.3 is 0 Å². The Kier molecular flexibility index (Phi) is 4.21. The topological polar surface area (TPSA) is 76.4 Å². The molecule has 1 aromatic heterocycles. The van der Waals surface area contributed by atoms with Gasteiger partial charge in [-0.3, -0.25) is 4.79 Å². The van der Waals surface area contributed by atoms with Crippen molar-refractivity contribution in [1.29, 1.82) is 0 Å². The first-order valence-corrected chi connectivity index (χ1v) is 8.86. The highest BCUT2D eigenvalue weighted by Crippen LogP contribution is 2.37. The number of carbonyl (C=O) groups is 1. The van der Waals surface area contributed by atoms with Gasteiger partial charge < -0.3 is 19.9 Å². The van der Waals surface area contributed by atoms with E-state index in [2.05, 4.69) is 15.8 Å². The second-order valence-electron chi connectivity index (χ2n) is 6.92. The molecule has 1 saturated carbocycles. The number of aryl methyl sites for hydroxylation is 2. The standard InChI is InChI=1S/C19H23N3O3/c1-11-18(12(2)25-22-11)16-9-14(21-19(23)13-3-4-13)5-6-17(16)24-10-15-7-8-20-15/h5-6,9,13,15,20H,3-4,7-8,10H2,1-2H3,(H,21,23). The minimum Gasteiger partial charge on any atom is -0.491 e. The van der Waals surface area contributed by atoms with Gasteiger partial charge in [-0.15, -0.1) is 0 Å². The highest BCUT2D eigenvalue weighted by Gasteiger charge is 2.30. The fourth-order valence-corrected chi connectivity index (χ4v) is 3.07. The molecule has 6 nitrogen and oxygen atoms in total. The molecule has 0 spiro atoms. The van der Waals surface area contributed by atoms with Gasteiger partial charge in [0.2, 0.25) is 5.91 Å². The molecule has 1 amide bonds. The Labute approximate surface area is 146 Å². The fraction of sp³-hybridized carbons (Fsp3) is 0.474. The monoisotopic (exact) mass is 341 g/mol. The third-order valence-corrected chi connectivity index (χ3v) is 4.86. The Hall–Kier alpha value is -2.34. The van der Waals surface area contributed by atoms with Crippen LogP contribution in [0.3, 0.4) is 0 Å². The quantitative estimate of drug-likeness (QED) is 0.844. The molecular weight excluding hydrogens is 318 g/mol. The maximum atomic E-state index is 12.1. The van der Waals surface area contributed by atoms with Crippen LogP contribution in [0.4, 0.5) is 5.69 Å². The number of anilines is 1. The van der Waals surface area contributed by atoms with E-state index in [0.717, 1.165) is 59.8 Å². The van der Waals surface area contributed by atoms with Crippen molar-refractivity contribution in [2.45, 2.75) is 39.2 Å². The van der Waals surface area contributed by atoms with Crippen LogP contribution in [0.1, 0.15) is 30.7 Å². The van der Waals surface area contributed by atoms with E-state index in [1.807, 2.05) is 32.0 Å². The first-order valence-electron chi connectivity index (χ1n) is 8.86. The van der Waals surface area contributed by atoms with Crippen LogP contribution in [0.25, 0.3) is 11.1 Å². The molecule has 2 fully saturated rings. The summed E-state index contributed by atoms with van der Waals surface area (Å²) in [6.07, 6.45) is 3.10. The lowest BCUT2D eigenvalue weighted by Gasteiger charge is -2.27. The average molecular weight is 341 g/mol. The molecule has 1 atom stereocenters. The van der Waals surface area contributed by atoms with Crippen LogP contribution in [-0.4, -0.2) is 30.3 Å². The smallest absolute Gasteiger partial charge is 0.227 e. The number of aromatic nitrogens is 1. The molecule has 0 bridgehead atoms. The Morgan fingerprint density at radius 1 is 1.36 bits per heavy atom. The van der Waals surface area contributed by atoms with Crippen molar-refractivity contribution in [2.75, 3.05) is 18.5 Å². The maximum absolute atomic E-state index is 12.1. The van der Waals surface area contributed by atoms with Gasteiger partial charge in [0.25, 0.3) is 0 Å². The predicted molar refractivity (Wildman–Crippen MR) is 94.7 cm³/mol. The number of ether oxygens (including phenoxy) is 1. The van der Waals surface area contributed by atoms with Gasteiger partial charge in [-0.05, 0) is 57.9 Å². The highest BCUT2D eigenvalue weighted by atomic mass is 16.5. The Bertz CT molecular complexity index is 772. The molecule has 4 rings (SSSR count). The molecule has 6 heteroatoms. The third-order valence-electron chi connectivity index (χ3n) is 4.86. The number of benzene rings is 1. The fourth-order valence-electron chi connectivity index (χ4n) is 3.07. The van der Waals surface area contributed by atoms with E-state index in [9.17, 15) is 4.79 Å². The van der Waals surface area contributed by atoms with E-state index in [-0.39, 0.29) is 11.8 Å². The average Bonchev–Trinajstić information content (AvgIpc) is 3.33. The van der Waals surface area contributed by atoms with Crippen LogP contribution < -0.4 is 15.4 Å². The predicted octanol–water partition coefficient (Wildman–Crippen LogP) is 3.05. The van der Waals surface area contributed by atoms with Gasteiger partial charge in [-0.1, -0.05) is 5.16 Å². The van der Waals surface area contributed by atoms with Crippen molar-refractivity contribution < 1.29 is 14.1 Å². The molecule has 1 aliphatic carbocycles. The van der Waals surface area contributed by atoms with Crippen LogP contribution in [-0.2, 0) is 4.79 Å². The third kappa shape index (κ3) is 3.39. The SMILES string of the molecule is Cc1noc(C)c1-c1cc(NC(=O)C2CC2)ccc1OCC1CCN1. The van der Waals surface area contributed by atoms with Crippen LogP contribution >= 0.6 is 0 Å². The highest BCUT2D eigenvalue weighted by molar-refractivity contribution is 5.95. The Morgan fingerprint density at radius 2 is 2.16 bits per heavy atom. The Morgan fingerprint density at radius 3 is 2.76 bits per heavy atom. The number of nitrogens with zero attached hydrogens (tertiary/aromatic N) is 1. The molecule has 1 unspecified atom stereocenters. The first kappa shape index (κ1) is 16.1. The molecule has 25 heavy (non-hydrogen) atoms. The molecular formula is C19H23N3O3. The van der Waals surface area contributed by atoms with Crippen molar-refractivity contribution in [1.82, 2.24) is 10.5 Å². The van der Waals surface area contributed by atoms with Gasteiger partial charge in [-0.2, -0.15) is 0 Å². The van der Waals surface area contributed by atoms with Gasteiger partial charge in [-0.25, -0.2) is 0 Å². The molecule has 0 radical (unpaired) electrons. The summed E-state index contributed by atoms with van der Waals surface area (Å²) in [5.41, 5.74) is 3.43. The zero-order valence-corrected chi connectivity index (χ0v) is 14.6. The lowest BCUT2D eigenvalue weighted by molar-refractivity contribution is -0.117. The van der Waals surface area contributed by atoms with Gasteiger partial charge in [0, 0.05) is 23.2 Å². The Balaban J connectivity index is 1.63. The maximum Gasteiger partial charge on any atom is 0.227 e. The van der Waals surface area contributed by atoms with E-state index in [4.69, 9.17) is 9.26 Å². The van der Waals surface area contributed by atoms with Crippen molar-refractivity contribution in [2.24, 2.45) is 5.92 Å². The van der Waals surface area contributed by atoms with E-state index in [1.165, 1.54) is 0 Å². The number of nitrogens with one attached hydrogen (secondary N) is 2. The number of rotatable bonds is 6. The summed E-state index contributed by atoms with van der Waals surface area (Å²) in [5, 5.41) is 10.4. The largest absolute Gasteiger partial charge is 0.491 e. The normalized spacial score (nSPS) is 19.4. The van der Waals surface area contributed by atoms with E-state index in [0.29, 0.717) is 12.6 Å². The zero-order chi connectivity index (χ0) is 17.4. The molecule has 2 heterocycles. The second kappa shape index (κ2) is 6.52. The van der Waals surface area contributed by atoms with Crippen molar-refractivity contribution in [3.63, 3.8) is 0 Å². The van der Waals surface area contributed by atoms with Gasteiger partial charge in [0.05, 0.1) is 11.3 Å². The van der Waals surface area contributed by atoms with Crippen LogP contribution in [0.2, 0.25) is 0 Å². The number of amides is 1. The lowest BCUT2D eigenvalue weighted by atomic mass is 10.0. The first-order chi connectivity index (χ1) is 12.1. The van der Waals surface area contributed by atoms with Crippen LogP contribution in [0.5, 0.6) is 5.75 Å². The van der Waals surface area contributed by atoms with E-state index in [1.54, 1.807) is 0 Å². The van der Waals surface area contributed by atoms with Crippen LogP contribution in [0.15, 0.2) is 22.7 Å². The summed E-state index contributed by atoms with van der Waals surface area (Å²) in [6, 6.07) is 6.18. The molecule has 1 aromatic carbocycles. The van der Waals surface area contributed by atoms with Crippen molar-refractivity contribution in [3.05, 3.63) is 29.7 Å². The summed E-state index contributed by atoms with van der Waals surface area (Å²) in [6.45, 7) is 5.49. The molecule has 2 aromatic rings. The summed E-state index contributed by atoms with van der Waals surface area (Å²) < 4.78 is 11.4. The van der Waals surface area contributed by atoms with Gasteiger partial charge in [0.1, 0.15) is 18.1 Å². The number of hydrogen-bond acceptors (Lipinski definition) is 5. The molecule has 1 saturated heterocycles. The van der Waals surface area contributed by atoms with Crippen LogP contribution in [0, 0.1) is 19.8 Å². The van der Waals surface area contributed by atoms with E-state index >= 15 is 0 Å².